The smallest absolute Gasteiger partial charge is 0.338 e. The van der Waals surface area contributed by atoms with Crippen LogP contribution >= 0.6 is 0 Å². The zero-order valence-corrected chi connectivity index (χ0v) is 7.80. The molecule has 0 saturated carbocycles. The molecule has 0 spiro atoms. The molecular formula is C8H16O5. The lowest BCUT2D eigenvalue weighted by atomic mass is 10.1. The minimum absolute atomic E-state index is 0.157. The molecule has 0 aromatic heterocycles. The van der Waals surface area contributed by atoms with Gasteiger partial charge < -0.3 is 20.1 Å². The van der Waals surface area contributed by atoms with Gasteiger partial charge in [0.05, 0.1) is 0 Å². The number of hydrogen-bond donors (Lipinski definition) is 3. The van der Waals surface area contributed by atoms with Crippen molar-refractivity contribution in [3.05, 3.63) is 0 Å². The number of esters is 1. The van der Waals surface area contributed by atoms with Crippen molar-refractivity contribution in [1.82, 2.24) is 0 Å². The Balaban J connectivity index is 0.000000671. The molecule has 0 radical (unpaired) electrons. The number of carbonyl (C=O) groups excluding carboxylic acids is 1. The molecule has 1 unspecified atom stereocenters. The number of rotatable bonds is 2. The molecule has 13 heavy (non-hydrogen) atoms. The summed E-state index contributed by atoms with van der Waals surface area (Å²) in [5, 5.41) is 26.3. The van der Waals surface area contributed by atoms with E-state index in [1.807, 2.05) is 13.8 Å². The topological polar surface area (TPSA) is 87.0 Å². The van der Waals surface area contributed by atoms with Gasteiger partial charge in [0, 0.05) is 13.0 Å². The summed E-state index contributed by atoms with van der Waals surface area (Å²) in [7, 11) is 0. The van der Waals surface area contributed by atoms with E-state index in [1.165, 1.54) is 0 Å². The fraction of sp³-hybridized carbons (Fsp3) is 0.875. The maximum Gasteiger partial charge on any atom is 0.338 e. The van der Waals surface area contributed by atoms with Crippen LogP contribution in [0.4, 0.5) is 0 Å². The Bertz CT molecular complexity index is 159. The molecule has 1 aliphatic heterocycles. The van der Waals surface area contributed by atoms with Crippen LogP contribution in [-0.2, 0) is 9.53 Å². The van der Waals surface area contributed by atoms with Crippen LogP contribution < -0.4 is 0 Å². The van der Waals surface area contributed by atoms with Gasteiger partial charge >= 0.3 is 5.97 Å². The molecule has 5 heteroatoms. The van der Waals surface area contributed by atoms with E-state index in [4.69, 9.17) is 15.3 Å². The van der Waals surface area contributed by atoms with Crippen molar-refractivity contribution in [2.75, 3.05) is 6.61 Å². The fourth-order valence-corrected chi connectivity index (χ4v) is 0.988. The van der Waals surface area contributed by atoms with E-state index in [1.54, 1.807) is 0 Å². The fourth-order valence-electron chi connectivity index (χ4n) is 0.988. The number of cyclic esters (lactones) is 1. The van der Waals surface area contributed by atoms with E-state index >= 15 is 0 Å². The average molecular weight is 192 g/mol. The number of aliphatic hydroxyl groups excluding tert-OH is 3. The second-order valence-electron chi connectivity index (χ2n) is 2.42. The lowest BCUT2D eigenvalue weighted by Gasteiger charge is -2.10. The summed E-state index contributed by atoms with van der Waals surface area (Å²) in [6, 6.07) is 0. The van der Waals surface area contributed by atoms with Crippen molar-refractivity contribution in [3.63, 3.8) is 0 Å². The molecule has 0 amide bonds. The number of aliphatic hydroxyl groups is 3. The largest absolute Gasteiger partial charge is 0.457 e. The molecule has 0 aliphatic carbocycles. The third kappa shape index (κ3) is 2.95. The minimum Gasteiger partial charge on any atom is -0.457 e. The third-order valence-electron chi connectivity index (χ3n) is 1.63. The third-order valence-corrected chi connectivity index (χ3v) is 1.63. The van der Waals surface area contributed by atoms with E-state index in [-0.39, 0.29) is 13.0 Å². The summed E-state index contributed by atoms with van der Waals surface area (Å²) in [6.45, 7) is 3.82. The lowest BCUT2D eigenvalue weighted by molar-refractivity contribution is -0.147. The van der Waals surface area contributed by atoms with Gasteiger partial charge in [0.15, 0.2) is 6.10 Å². The van der Waals surface area contributed by atoms with Crippen LogP contribution in [-0.4, -0.2) is 46.2 Å². The van der Waals surface area contributed by atoms with E-state index in [0.717, 1.165) is 0 Å². The zero-order chi connectivity index (χ0) is 10.4. The second kappa shape index (κ2) is 5.90. The van der Waals surface area contributed by atoms with Gasteiger partial charge in [0.1, 0.15) is 12.2 Å². The molecule has 1 saturated heterocycles. The SMILES string of the molecule is CC.O=C1OC(CCO)[C@@H](O)[C@H]1O. The quantitative estimate of drug-likeness (QED) is 0.491. The Hall–Kier alpha value is -0.650. The standard InChI is InChI=1S/C6H10O5.C2H6/c7-2-1-3-4(8)5(9)6(10)11-3;1-2/h3-5,7-9H,1-2H2;1-2H3/t3?,4-,5-;/m1./s1. The molecule has 1 rings (SSSR count). The highest BCUT2D eigenvalue weighted by Gasteiger charge is 2.41. The van der Waals surface area contributed by atoms with Crippen LogP contribution in [0.5, 0.6) is 0 Å². The Morgan fingerprint density at radius 1 is 1.38 bits per heavy atom. The van der Waals surface area contributed by atoms with E-state index < -0.39 is 24.3 Å². The maximum absolute atomic E-state index is 10.6. The van der Waals surface area contributed by atoms with Crippen LogP contribution in [0.3, 0.4) is 0 Å². The summed E-state index contributed by atoms with van der Waals surface area (Å²) < 4.78 is 4.53. The van der Waals surface area contributed by atoms with Crippen molar-refractivity contribution in [1.29, 1.82) is 0 Å². The molecule has 5 nitrogen and oxygen atoms in total. The lowest BCUT2D eigenvalue weighted by Crippen LogP contribution is -2.31. The number of carbonyl (C=O) groups is 1. The second-order valence-corrected chi connectivity index (χ2v) is 2.42. The van der Waals surface area contributed by atoms with E-state index in [9.17, 15) is 4.79 Å². The van der Waals surface area contributed by atoms with Gasteiger partial charge in [-0.15, -0.1) is 0 Å². The molecule has 3 atom stereocenters. The predicted molar refractivity (Wildman–Crippen MR) is 44.9 cm³/mol. The number of hydrogen-bond acceptors (Lipinski definition) is 5. The average Bonchev–Trinajstić information content (AvgIpc) is 2.38. The first kappa shape index (κ1) is 12.3. The molecule has 0 aromatic rings. The highest BCUT2D eigenvalue weighted by Crippen LogP contribution is 2.17. The molecule has 0 bridgehead atoms. The van der Waals surface area contributed by atoms with Gasteiger partial charge in [-0.2, -0.15) is 0 Å². The Morgan fingerprint density at radius 3 is 2.23 bits per heavy atom. The highest BCUT2D eigenvalue weighted by atomic mass is 16.6. The van der Waals surface area contributed by atoms with Crippen molar-refractivity contribution in [2.24, 2.45) is 0 Å². The van der Waals surface area contributed by atoms with Crippen molar-refractivity contribution >= 4 is 5.97 Å². The first-order valence-electron chi connectivity index (χ1n) is 4.34. The Morgan fingerprint density at radius 2 is 1.92 bits per heavy atom. The monoisotopic (exact) mass is 192 g/mol. The molecule has 0 aromatic carbocycles. The summed E-state index contributed by atoms with van der Waals surface area (Å²) in [5.74, 6) is -0.823. The molecule has 1 fully saturated rings. The summed E-state index contributed by atoms with van der Waals surface area (Å²) in [6.07, 6.45) is -3.26. The molecular weight excluding hydrogens is 176 g/mol. The summed E-state index contributed by atoms with van der Waals surface area (Å²) in [4.78, 5) is 10.6. The zero-order valence-electron chi connectivity index (χ0n) is 7.80. The van der Waals surface area contributed by atoms with Gasteiger partial charge in [-0.1, -0.05) is 13.8 Å². The van der Waals surface area contributed by atoms with Gasteiger partial charge in [-0.05, 0) is 0 Å². The molecule has 1 aliphatic rings. The van der Waals surface area contributed by atoms with Crippen LogP contribution in [0.25, 0.3) is 0 Å². The van der Waals surface area contributed by atoms with Gasteiger partial charge in [-0.3, -0.25) is 0 Å². The van der Waals surface area contributed by atoms with Crippen molar-refractivity contribution in [2.45, 2.75) is 38.6 Å². The van der Waals surface area contributed by atoms with Gasteiger partial charge in [0.25, 0.3) is 0 Å². The first-order chi connectivity index (χ1) is 6.16. The number of ether oxygens (including phenoxy) is 1. The normalized spacial score (nSPS) is 32.1. The Labute approximate surface area is 77.0 Å². The van der Waals surface area contributed by atoms with E-state index in [0.29, 0.717) is 0 Å². The van der Waals surface area contributed by atoms with Crippen LogP contribution in [0, 0.1) is 0 Å². The van der Waals surface area contributed by atoms with Crippen LogP contribution in [0.15, 0.2) is 0 Å². The first-order valence-corrected chi connectivity index (χ1v) is 4.34. The Kier molecular flexibility index (Phi) is 5.61. The highest BCUT2D eigenvalue weighted by molar-refractivity contribution is 5.77. The van der Waals surface area contributed by atoms with Gasteiger partial charge in [0.2, 0.25) is 0 Å². The summed E-state index contributed by atoms with van der Waals surface area (Å²) in [5.41, 5.74) is 0. The predicted octanol–water partition coefficient (Wildman–Crippen LogP) is -0.958. The van der Waals surface area contributed by atoms with E-state index in [2.05, 4.69) is 4.74 Å². The van der Waals surface area contributed by atoms with Gasteiger partial charge in [-0.25, -0.2) is 4.79 Å². The summed E-state index contributed by atoms with van der Waals surface area (Å²) >= 11 is 0. The van der Waals surface area contributed by atoms with Crippen molar-refractivity contribution in [3.8, 4) is 0 Å². The molecule has 78 valence electrons. The molecule has 3 N–H and O–H groups in total. The van der Waals surface area contributed by atoms with Crippen LogP contribution in [0.2, 0.25) is 0 Å². The molecule has 1 heterocycles. The minimum atomic E-state index is -1.45. The van der Waals surface area contributed by atoms with Crippen LogP contribution in [0.1, 0.15) is 20.3 Å². The maximum atomic E-state index is 10.6. The van der Waals surface area contributed by atoms with Crippen molar-refractivity contribution < 1.29 is 24.9 Å².